The van der Waals surface area contributed by atoms with Crippen LogP contribution in [-0.2, 0) is 16.1 Å². The lowest BCUT2D eigenvalue weighted by atomic mass is 10.2. The van der Waals surface area contributed by atoms with E-state index in [4.69, 9.17) is 4.74 Å². The predicted octanol–water partition coefficient (Wildman–Crippen LogP) is 0.959. The Hall–Kier alpha value is -1.69. The highest BCUT2D eigenvalue weighted by Gasteiger charge is 2.05. The van der Waals surface area contributed by atoms with Crippen LogP contribution in [0.1, 0.15) is 5.56 Å². The molecule has 0 radical (unpaired) electrons. The number of ether oxygens (including phenoxy) is 1. The van der Waals surface area contributed by atoms with Crippen LogP contribution in [-0.4, -0.2) is 30.8 Å². The van der Waals surface area contributed by atoms with Gasteiger partial charge in [0.05, 0.1) is 6.54 Å². The fourth-order valence-corrected chi connectivity index (χ4v) is 1.30. The first-order valence-corrected chi connectivity index (χ1v) is 6.17. The number of benzene rings is 1. The summed E-state index contributed by atoms with van der Waals surface area (Å²) in [5.74, 6) is 0.296. The minimum atomic E-state index is -0.611. The smallest absolute Gasteiger partial charge is 0.407 e. The Balaban J connectivity index is 2.16. The van der Waals surface area contributed by atoms with E-state index in [1.54, 1.807) is 0 Å². The molecule has 6 heteroatoms. The lowest BCUT2D eigenvalue weighted by Gasteiger charge is -2.07. The summed E-state index contributed by atoms with van der Waals surface area (Å²) in [6.45, 7) is 0.565. The number of nitrogens with one attached hydrogen (secondary N) is 2. The van der Waals surface area contributed by atoms with Crippen LogP contribution in [0.15, 0.2) is 30.3 Å². The lowest BCUT2D eigenvalue weighted by molar-refractivity contribution is -0.120. The molecule has 0 bridgehead atoms. The minimum Gasteiger partial charge on any atom is -0.445 e. The summed E-state index contributed by atoms with van der Waals surface area (Å²) >= 11 is 3.95. The SMILES string of the molecule is O=C(CNC(=O)OCc1ccccc1)NCCS. The fraction of sp³-hybridized carbons (Fsp3) is 0.333. The van der Waals surface area contributed by atoms with E-state index >= 15 is 0 Å². The Kier molecular flexibility index (Phi) is 6.71. The van der Waals surface area contributed by atoms with Gasteiger partial charge in [-0.3, -0.25) is 4.79 Å². The normalized spacial score (nSPS) is 9.61. The van der Waals surface area contributed by atoms with Gasteiger partial charge in [0.2, 0.25) is 5.91 Å². The van der Waals surface area contributed by atoms with Gasteiger partial charge in [-0.2, -0.15) is 12.6 Å². The largest absolute Gasteiger partial charge is 0.445 e. The van der Waals surface area contributed by atoms with Crippen molar-refractivity contribution in [1.29, 1.82) is 0 Å². The quantitative estimate of drug-likeness (QED) is 0.673. The lowest BCUT2D eigenvalue weighted by Crippen LogP contribution is -2.37. The highest BCUT2D eigenvalue weighted by atomic mass is 32.1. The summed E-state index contributed by atoms with van der Waals surface area (Å²) in [7, 11) is 0. The summed E-state index contributed by atoms with van der Waals surface area (Å²) in [6, 6.07) is 9.32. The van der Waals surface area contributed by atoms with E-state index in [-0.39, 0.29) is 19.1 Å². The molecule has 0 saturated heterocycles. The predicted molar refractivity (Wildman–Crippen MR) is 71.5 cm³/mol. The maximum atomic E-state index is 11.3. The summed E-state index contributed by atoms with van der Waals surface area (Å²) in [5.41, 5.74) is 0.896. The number of alkyl carbamates (subject to hydrolysis) is 1. The minimum absolute atomic E-state index is 0.0958. The van der Waals surface area contributed by atoms with E-state index in [1.807, 2.05) is 30.3 Å². The molecular formula is C12H16N2O3S. The molecular weight excluding hydrogens is 252 g/mol. The molecule has 0 aliphatic carbocycles. The molecule has 0 aliphatic heterocycles. The Morgan fingerprint density at radius 1 is 1.17 bits per heavy atom. The van der Waals surface area contributed by atoms with Gasteiger partial charge in [0.15, 0.2) is 0 Å². The van der Waals surface area contributed by atoms with Gasteiger partial charge in [-0.25, -0.2) is 4.79 Å². The van der Waals surface area contributed by atoms with E-state index in [2.05, 4.69) is 23.3 Å². The highest BCUT2D eigenvalue weighted by molar-refractivity contribution is 7.80. The maximum Gasteiger partial charge on any atom is 0.407 e. The van der Waals surface area contributed by atoms with Gasteiger partial charge >= 0.3 is 6.09 Å². The molecule has 0 saturated carbocycles. The zero-order valence-electron chi connectivity index (χ0n) is 9.89. The van der Waals surface area contributed by atoms with Crippen LogP contribution in [0.5, 0.6) is 0 Å². The van der Waals surface area contributed by atoms with Crippen LogP contribution in [0.25, 0.3) is 0 Å². The monoisotopic (exact) mass is 268 g/mol. The van der Waals surface area contributed by atoms with E-state index in [0.717, 1.165) is 5.56 Å². The van der Waals surface area contributed by atoms with Gasteiger partial charge in [-0.1, -0.05) is 30.3 Å². The van der Waals surface area contributed by atoms with Crippen molar-refractivity contribution in [3.05, 3.63) is 35.9 Å². The first-order chi connectivity index (χ1) is 8.72. The van der Waals surface area contributed by atoms with Crippen molar-refractivity contribution < 1.29 is 14.3 Å². The van der Waals surface area contributed by atoms with Crippen LogP contribution in [0.2, 0.25) is 0 Å². The highest BCUT2D eigenvalue weighted by Crippen LogP contribution is 2.00. The van der Waals surface area contributed by atoms with Gasteiger partial charge in [0, 0.05) is 12.3 Å². The third kappa shape index (κ3) is 6.15. The summed E-state index contributed by atoms with van der Waals surface area (Å²) in [6.07, 6.45) is -0.611. The molecule has 0 heterocycles. The molecule has 1 rings (SSSR count). The molecule has 98 valence electrons. The zero-order valence-corrected chi connectivity index (χ0v) is 10.8. The average Bonchev–Trinajstić information content (AvgIpc) is 2.41. The van der Waals surface area contributed by atoms with Crippen molar-refractivity contribution in [2.75, 3.05) is 18.8 Å². The molecule has 5 nitrogen and oxygen atoms in total. The van der Waals surface area contributed by atoms with Crippen LogP contribution in [0.4, 0.5) is 4.79 Å². The second kappa shape index (κ2) is 8.41. The van der Waals surface area contributed by atoms with Gasteiger partial charge in [-0.05, 0) is 5.56 Å². The molecule has 0 atom stereocenters. The van der Waals surface area contributed by atoms with Crippen LogP contribution in [0.3, 0.4) is 0 Å². The zero-order chi connectivity index (χ0) is 13.2. The van der Waals surface area contributed by atoms with Crippen molar-refractivity contribution in [3.63, 3.8) is 0 Å². The van der Waals surface area contributed by atoms with Gasteiger partial charge in [-0.15, -0.1) is 0 Å². The number of amides is 2. The Labute approximate surface area is 111 Å². The van der Waals surface area contributed by atoms with Crippen molar-refractivity contribution in [3.8, 4) is 0 Å². The molecule has 1 aromatic rings. The molecule has 0 fully saturated rings. The Morgan fingerprint density at radius 2 is 1.89 bits per heavy atom. The number of carbonyl (C=O) groups excluding carboxylic acids is 2. The van der Waals surface area contributed by atoms with E-state index < -0.39 is 6.09 Å². The van der Waals surface area contributed by atoms with E-state index in [0.29, 0.717) is 12.3 Å². The van der Waals surface area contributed by atoms with Crippen molar-refractivity contribution in [2.45, 2.75) is 6.61 Å². The molecule has 2 N–H and O–H groups in total. The summed E-state index contributed by atoms with van der Waals surface area (Å²) in [5, 5.41) is 4.94. The first kappa shape index (κ1) is 14.4. The second-order valence-electron chi connectivity index (χ2n) is 3.49. The van der Waals surface area contributed by atoms with E-state index in [9.17, 15) is 9.59 Å². The fourth-order valence-electron chi connectivity index (χ4n) is 1.18. The Morgan fingerprint density at radius 3 is 2.56 bits per heavy atom. The maximum absolute atomic E-state index is 11.3. The number of carbonyl (C=O) groups is 2. The van der Waals surface area contributed by atoms with Gasteiger partial charge in [0.1, 0.15) is 6.61 Å². The van der Waals surface area contributed by atoms with Crippen LogP contribution >= 0.6 is 12.6 Å². The Bertz CT molecular complexity index is 384. The molecule has 18 heavy (non-hydrogen) atoms. The third-order valence-electron chi connectivity index (χ3n) is 2.04. The average molecular weight is 268 g/mol. The van der Waals surface area contributed by atoms with Crippen molar-refractivity contribution >= 4 is 24.6 Å². The number of thiol groups is 1. The van der Waals surface area contributed by atoms with Crippen molar-refractivity contribution in [1.82, 2.24) is 10.6 Å². The molecule has 1 aromatic carbocycles. The second-order valence-corrected chi connectivity index (χ2v) is 3.94. The van der Waals surface area contributed by atoms with Gasteiger partial charge < -0.3 is 15.4 Å². The van der Waals surface area contributed by atoms with Crippen molar-refractivity contribution in [2.24, 2.45) is 0 Å². The number of hydrogen-bond donors (Lipinski definition) is 3. The molecule has 0 aliphatic rings. The van der Waals surface area contributed by atoms with E-state index in [1.165, 1.54) is 0 Å². The van der Waals surface area contributed by atoms with Crippen LogP contribution < -0.4 is 10.6 Å². The third-order valence-corrected chi connectivity index (χ3v) is 2.26. The molecule has 2 amide bonds. The number of rotatable bonds is 6. The standard InChI is InChI=1S/C12H16N2O3S/c15-11(13-6-7-18)8-14-12(16)17-9-10-4-2-1-3-5-10/h1-5,18H,6-9H2,(H,13,15)(H,14,16). The van der Waals surface area contributed by atoms with Gasteiger partial charge in [0.25, 0.3) is 0 Å². The molecule has 0 spiro atoms. The topological polar surface area (TPSA) is 67.4 Å². The summed E-state index contributed by atoms with van der Waals surface area (Å²) in [4.78, 5) is 22.4. The van der Waals surface area contributed by atoms with Crippen LogP contribution in [0, 0.1) is 0 Å². The first-order valence-electron chi connectivity index (χ1n) is 5.54. The molecule has 0 aromatic heterocycles. The molecule has 0 unspecified atom stereocenters. The summed E-state index contributed by atoms with van der Waals surface area (Å²) < 4.78 is 4.94. The number of hydrogen-bond acceptors (Lipinski definition) is 4.